The molecule has 0 aliphatic heterocycles. The van der Waals surface area contributed by atoms with Crippen molar-refractivity contribution in [2.24, 2.45) is 0 Å². The Kier molecular flexibility index (Phi) is 9.90. The van der Waals surface area contributed by atoms with Crippen LogP contribution >= 0.6 is 0 Å². The molecule has 0 aliphatic carbocycles. The van der Waals surface area contributed by atoms with Crippen molar-refractivity contribution in [2.45, 2.75) is 27.7 Å². The van der Waals surface area contributed by atoms with Gasteiger partial charge in [-0.15, -0.1) is 0 Å². The van der Waals surface area contributed by atoms with Gasteiger partial charge in [-0.1, -0.05) is 49.6 Å². The van der Waals surface area contributed by atoms with Crippen LogP contribution in [0.1, 0.15) is 27.7 Å². The molecule has 0 radical (unpaired) electrons. The molecule has 2 aromatic rings. The second-order valence-corrected chi connectivity index (χ2v) is 7.42. The van der Waals surface area contributed by atoms with Gasteiger partial charge >= 0.3 is 11.9 Å². The average molecular weight is 463 g/mol. The predicted molar refractivity (Wildman–Crippen MR) is 133 cm³/mol. The molecule has 0 saturated carbocycles. The van der Waals surface area contributed by atoms with Gasteiger partial charge in [0.15, 0.2) is 0 Å². The number of esters is 2. The molecule has 0 aliphatic rings. The van der Waals surface area contributed by atoms with E-state index in [1.165, 1.54) is 0 Å². The van der Waals surface area contributed by atoms with E-state index in [-0.39, 0.29) is 11.3 Å². The van der Waals surface area contributed by atoms with Crippen molar-refractivity contribution in [3.8, 4) is 34.1 Å². The second-order valence-electron chi connectivity index (χ2n) is 7.42. The Morgan fingerprint density at radius 1 is 0.765 bits per heavy atom. The molecule has 2 aromatic carbocycles. The zero-order chi connectivity index (χ0) is 25.1. The maximum Gasteiger partial charge on any atom is 0.338 e. The molecule has 0 unspecified atom stereocenters. The van der Waals surface area contributed by atoms with E-state index in [4.69, 9.17) is 18.9 Å². The van der Waals surface area contributed by atoms with E-state index in [0.29, 0.717) is 41.6 Å². The molecule has 0 aromatic heterocycles. The minimum absolute atomic E-state index is 0.273. The Morgan fingerprint density at radius 3 is 1.62 bits per heavy atom. The van der Waals surface area contributed by atoms with Gasteiger partial charge in [0.05, 0.1) is 5.56 Å². The van der Waals surface area contributed by atoms with Gasteiger partial charge in [-0.25, -0.2) is 9.59 Å². The van der Waals surface area contributed by atoms with E-state index >= 15 is 0 Å². The van der Waals surface area contributed by atoms with Crippen molar-refractivity contribution in [3.05, 3.63) is 85.0 Å². The summed E-state index contributed by atoms with van der Waals surface area (Å²) in [6.45, 7) is 14.8. The number of carbonyl (C=O) groups excluding carboxylic acids is 2. The zero-order valence-electron chi connectivity index (χ0n) is 20.1. The third kappa shape index (κ3) is 7.52. The molecule has 0 bridgehead atoms. The molecule has 2 rings (SSSR count). The second kappa shape index (κ2) is 12.8. The summed E-state index contributed by atoms with van der Waals surface area (Å²) in [5.41, 5.74) is 2.01. The first-order chi connectivity index (χ1) is 16.3. The van der Waals surface area contributed by atoms with Crippen LogP contribution in [0.5, 0.6) is 23.0 Å². The fourth-order valence-corrected chi connectivity index (χ4v) is 2.68. The van der Waals surface area contributed by atoms with E-state index < -0.39 is 11.9 Å². The lowest BCUT2D eigenvalue weighted by Gasteiger charge is -2.18. The highest BCUT2D eigenvalue weighted by Gasteiger charge is 2.19. The fraction of sp³-hybridized carbons (Fsp3) is 0.214. The standard InChI is InChI=1S/C28H30O6/c1-7-9-15-31-24-17-23(34-28(30)20(5)6)18-25(32-16-10-8-2)26(24)21-11-13-22(14-12-21)33-27(29)19(3)4/h7-14,17-18H,3,5,15-16H2,1-2,4,6H3/b9-7+,10-8+. The molecule has 0 amide bonds. The molecule has 0 fully saturated rings. The number of allylic oxidation sites excluding steroid dienone is 2. The van der Waals surface area contributed by atoms with Gasteiger partial charge in [-0.2, -0.15) is 0 Å². The minimum Gasteiger partial charge on any atom is -0.489 e. The van der Waals surface area contributed by atoms with E-state index in [0.717, 1.165) is 5.56 Å². The highest BCUT2D eigenvalue weighted by Crippen LogP contribution is 2.43. The molecule has 0 heterocycles. The highest BCUT2D eigenvalue weighted by molar-refractivity contribution is 5.90. The monoisotopic (exact) mass is 462 g/mol. The molecule has 6 heteroatoms. The summed E-state index contributed by atoms with van der Waals surface area (Å²) in [5, 5.41) is 0. The van der Waals surface area contributed by atoms with Crippen LogP contribution in [0.2, 0.25) is 0 Å². The molecule has 0 spiro atoms. The minimum atomic E-state index is -0.546. The first-order valence-corrected chi connectivity index (χ1v) is 10.8. The van der Waals surface area contributed by atoms with E-state index in [1.54, 1.807) is 50.2 Å². The number of benzene rings is 2. The Labute approximate surface area is 200 Å². The number of hydrogen-bond acceptors (Lipinski definition) is 6. The van der Waals surface area contributed by atoms with Crippen LogP contribution in [0.25, 0.3) is 11.1 Å². The van der Waals surface area contributed by atoms with Gasteiger partial charge < -0.3 is 18.9 Å². The lowest BCUT2D eigenvalue weighted by molar-refractivity contribution is -0.130. The Morgan fingerprint density at radius 2 is 1.21 bits per heavy atom. The first-order valence-electron chi connectivity index (χ1n) is 10.8. The van der Waals surface area contributed by atoms with Crippen molar-refractivity contribution in [1.29, 1.82) is 0 Å². The smallest absolute Gasteiger partial charge is 0.338 e. The fourth-order valence-electron chi connectivity index (χ4n) is 2.68. The summed E-state index contributed by atoms with van der Waals surface area (Å²) in [6, 6.07) is 10.2. The lowest BCUT2D eigenvalue weighted by Crippen LogP contribution is -2.09. The van der Waals surface area contributed by atoms with Crippen LogP contribution in [-0.2, 0) is 9.59 Å². The number of hydrogen-bond donors (Lipinski definition) is 0. The molecule has 178 valence electrons. The van der Waals surface area contributed by atoms with Crippen molar-refractivity contribution >= 4 is 11.9 Å². The van der Waals surface area contributed by atoms with E-state index in [9.17, 15) is 9.59 Å². The SMILES string of the molecule is C=C(C)C(=O)Oc1ccc(-c2c(OC/C=C/C)cc(OC(=O)C(=C)C)cc2OC/C=C/C)cc1. The number of rotatable bonds is 11. The third-order valence-corrected chi connectivity index (χ3v) is 4.44. The van der Waals surface area contributed by atoms with Crippen molar-refractivity contribution < 1.29 is 28.5 Å². The van der Waals surface area contributed by atoms with Crippen molar-refractivity contribution in [2.75, 3.05) is 13.2 Å². The Balaban J connectivity index is 2.56. The molecule has 0 saturated heterocycles. The summed E-state index contributed by atoms with van der Waals surface area (Å²) < 4.78 is 22.7. The summed E-state index contributed by atoms with van der Waals surface area (Å²) in [4.78, 5) is 23.9. The van der Waals surface area contributed by atoms with Crippen LogP contribution in [0.15, 0.2) is 85.0 Å². The Hall–Kier alpha value is -4.06. The van der Waals surface area contributed by atoms with Crippen molar-refractivity contribution in [3.63, 3.8) is 0 Å². The first kappa shape index (κ1) is 26.2. The normalized spacial score (nSPS) is 10.8. The molecule has 0 atom stereocenters. The quantitative estimate of drug-likeness (QED) is 0.171. The van der Waals surface area contributed by atoms with Crippen LogP contribution in [-0.4, -0.2) is 25.2 Å². The third-order valence-electron chi connectivity index (χ3n) is 4.44. The summed E-state index contributed by atoms with van der Waals surface area (Å²) in [5.74, 6) is 0.545. The maximum absolute atomic E-state index is 12.1. The van der Waals surface area contributed by atoms with Crippen LogP contribution in [0.4, 0.5) is 0 Å². The van der Waals surface area contributed by atoms with E-state index in [1.807, 2.05) is 38.2 Å². The van der Waals surface area contributed by atoms with Gasteiger partial charge in [0.25, 0.3) is 0 Å². The zero-order valence-corrected chi connectivity index (χ0v) is 20.1. The lowest BCUT2D eigenvalue weighted by atomic mass is 10.0. The van der Waals surface area contributed by atoms with Gasteiger partial charge in [0.1, 0.15) is 36.2 Å². The predicted octanol–water partition coefficient (Wildman–Crippen LogP) is 6.23. The van der Waals surface area contributed by atoms with Crippen molar-refractivity contribution in [1.82, 2.24) is 0 Å². The summed E-state index contributed by atoms with van der Waals surface area (Å²) >= 11 is 0. The Bertz CT molecular complexity index is 1070. The average Bonchev–Trinajstić information content (AvgIpc) is 2.80. The molecule has 6 nitrogen and oxygen atoms in total. The maximum atomic E-state index is 12.1. The van der Waals surface area contributed by atoms with Gasteiger partial charge in [0, 0.05) is 23.3 Å². The number of carbonyl (C=O) groups is 2. The molecular weight excluding hydrogens is 432 g/mol. The van der Waals surface area contributed by atoms with E-state index in [2.05, 4.69) is 13.2 Å². The van der Waals surface area contributed by atoms with Gasteiger partial charge in [0.2, 0.25) is 0 Å². The highest BCUT2D eigenvalue weighted by atomic mass is 16.5. The van der Waals surface area contributed by atoms with Crippen LogP contribution in [0.3, 0.4) is 0 Å². The molecule has 0 N–H and O–H groups in total. The van der Waals surface area contributed by atoms with Gasteiger partial charge in [-0.05, 0) is 45.4 Å². The summed E-state index contributed by atoms with van der Waals surface area (Å²) in [6.07, 6.45) is 7.46. The largest absolute Gasteiger partial charge is 0.489 e. The van der Waals surface area contributed by atoms with Crippen LogP contribution in [0, 0.1) is 0 Å². The number of ether oxygens (including phenoxy) is 4. The van der Waals surface area contributed by atoms with Gasteiger partial charge in [-0.3, -0.25) is 0 Å². The summed E-state index contributed by atoms with van der Waals surface area (Å²) in [7, 11) is 0. The molecule has 34 heavy (non-hydrogen) atoms. The van der Waals surface area contributed by atoms with Crippen LogP contribution < -0.4 is 18.9 Å². The molecular formula is C28H30O6. The topological polar surface area (TPSA) is 71.1 Å².